The molecule has 2 aromatic rings. The van der Waals surface area contributed by atoms with Gasteiger partial charge in [-0.15, -0.1) is 11.3 Å². The van der Waals surface area contributed by atoms with E-state index in [2.05, 4.69) is 15.4 Å². The molecule has 5 nitrogen and oxygen atoms in total. The Morgan fingerprint density at radius 1 is 1.43 bits per heavy atom. The second-order valence-corrected chi connectivity index (χ2v) is 6.40. The first-order chi connectivity index (χ1) is 10.6. The first-order valence-corrected chi connectivity index (χ1v) is 7.81. The fourth-order valence-electron chi connectivity index (χ4n) is 2.04. The molecule has 0 aromatic carbocycles. The van der Waals surface area contributed by atoms with Crippen molar-refractivity contribution in [3.8, 4) is 0 Å². The predicted octanol–water partition coefficient (Wildman–Crippen LogP) is 3.39. The van der Waals surface area contributed by atoms with E-state index in [0.29, 0.717) is 6.42 Å². The van der Waals surface area contributed by atoms with Gasteiger partial charge >= 0.3 is 6.18 Å². The van der Waals surface area contributed by atoms with Crippen LogP contribution in [0.2, 0.25) is 0 Å². The number of nitrogens with zero attached hydrogens (tertiary/aromatic N) is 3. The molecule has 1 N–H and O–H groups in total. The minimum absolute atomic E-state index is 0.138. The van der Waals surface area contributed by atoms with E-state index in [0.717, 1.165) is 26.3 Å². The van der Waals surface area contributed by atoms with E-state index in [4.69, 9.17) is 0 Å². The molecule has 0 aliphatic heterocycles. The zero-order chi connectivity index (χ0) is 17.4. The molecule has 0 saturated carbocycles. The van der Waals surface area contributed by atoms with Gasteiger partial charge in [-0.1, -0.05) is 6.92 Å². The van der Waals surface area contributed by atoms with Gasteiger partial charge < -0.3 is 5.32 Å². The number of aromatic nitrogens is 3. The van der Waals surface area contributed by atoms with Crippen molar-refractivity contribution in [2.24, 2.45) is 7.05 Å². The van der Waals surface area contributed by atoms with Crippen molar-refractivity contribution in [3.05, 3.63) is 33.0 Å². The van der Waals surface area contributed by atoms with Crippen LogP contribution >= 0.6 is 11.3 Å². The molecule has 0 aliphatic carbocycles. The molecular formula is C14H17F3N4OS. The van der Waals surface area contributed by atoms with Crippen molar-refractivity contribution in [1.82, 2.24) is 20.1 Å². The fourth-order valence-corrected chi connectivity index (χ4v) is 3.09. The molecular weight excluding hydrogens is 329 g/mol. The molecule has 0 aliphatic rings. The van der Waals surface area contributed by atoms with E-state index in [1.54, 1.807) is 0 Å². The topological polar surface area (TPSA) is 59.8 Å². The van der Waals surface area contributed by atoms with Crippen LogP contribution in [-0.2, 0) is 13.2 Å². The number of alkyl halides is 3. The van der Waals surface area contributed by atoms with Crippen LogP contribution in [0.4, 0.5) is 13.2 Å². The van der Waals surface area contributed by atoms with Crippen molar-refractivity contribution >= 4 is 17.2 Å². The summed E-state index contributed by atoms with van der Waals surface area (Å²) in [6.07, 6.45) is -3.99. The summed E-state index contributed by atoms with van der Waals surface area (Å²) >= 11 is 1.47. The standard InChI is InChI=1S/C14H17F3N4OS/c1-5-9(13-18-7(2)8(3)23-13)19-12(22)10-6-11(14(15,16)17)20-21(10)4/h6,9H,5H2,1-4H3,(H,19,22)/t9-/m0/s1. The van der Waals surface area contributed by atoms with Gasteiger partial charge in [0.05, 0.1) is 11.7 Å². The Morgan fingerprint density at radius 3 is 2.52 bits per heavy atom. The van der Waals surface area contributed by atoms with Crippen LogP contribution in [-0.4, -0.2) is 20.7 Å². The van der Waals surface area contributed by atoms with Gasteiger partial charge in [-0.05, 0) is 20.3 Å². The Hall–Kier alpha value is -1.90. The number of hydrogen-bond donors (Lipinski definition) is 1. The van der Waals surface area contributed by atoms with E-state index in [9.17, 15) is 18.0 Å². The molecule has 2 aromatic heterocycles. The molecule has 2 rings (SSSR count). The molecule has 0 bridgehead atoms. The second kappa shape index (κ2) is 6.31. The summed E-state index contributed by atoms with van der Waals surface area (Å²) < 4.78 is 38.9. The van der Waals surface area contributed by atoms with Gasteiger partial charge in [0, 0.05) is 18.0 Å². The summed E-state index contributed by atoms with van der Waals surface area (Å²) in [5, 5.41) is 6.82. The molecule has 0 saturated heterocycles. The number of halogens is 3. The Balaban J connectivity index is 2.22. The number of carbonyl (C=O) groups excluding carboxylic acids is 1. The monoisotopic (exact) mass is 346 g/mol. The van der Waals surface area contributed by atoms with Crippen molar-refractivity contribution in [3.63, 3.8) is 0 Å². The summed E-state index contributed by atoms with van der Waals surface area (Å²) in [5.41, 5.74) is -0.336. The maximum Gasteiger partial charge on any atom is 0.435 e. The highest BCUT2D eigenvalue weighted by atomic mass is 32.1. The zero-order valence-electron chi connectivity index (χ0n) is 13.2. The highest BCUT2D eigenvalue weighted by molar-refractivity contribution is 7.11. The van der Waals surface area contributed by atoms with Gasteiger partial charge in [0.15, 0.2) is 5.69 Å². The van der Waals surface area contributed by atoms with Gasteiger partial charge in [0.1, 0.15) is 10.7 Å². The maximum atomic E-state index is 12.7. The minimum Gasteiger partial charge on any atom is -0.341 e. The lowest BCUT2D eigenvalue weighted by atomic mass is 10.2. The number of aryl methyl sites for hydroxylation is 3. The van der Waals surface area contributed by atoms with E-state index in [1.165, 1.54) is 18.4 Å². The van der Waals surface area contributed by atoms with Crippen LogP contribution in [0.15, 0.2) is 6.07 Å². The highest BCUT2D eigenvalue weighted by Crippen LogP contribution is 2.29. The number of thiazole rings is 1. The van der Waals surface area contributed by atoms with Crippen molar-refractivity contribution in [2.75, 3.05) is 0 Å². The maximum absolute atomic E-state index is 12.7. The number of nitrogens with one attached hydrogen (secondary N) is 1. The first kappa shape index (κ1) is 17.5. The average molecular weight is 346 g/mol. The molecule has 0 unspecified atom stereocenters. The molecule has 1 amide bonds. The number of carbonyl (C=O) groups is 1. The van der Waals surface area contributed by atoms with Crippen LogP contribution in [0.5, 0.6) is 0 Å². The van der Waals surface area contributed by atoms with Crippen LogP contribution in [0.25, 0.3) is 0 Å². The Bertz CT molecular complexity index is 701. The normalized spacial score (nSPS) is 13.2. The Morgan fingerprint density at radius 2 is 2.09 bits per heavy atom. The molecule has 2 heterocycles. The van der Waals surface area contributed by atoms with Crippen LogP contribution in [0.3, 0.4) is 0 Å². The average Bonchev–Trinajstić information content (AvgIpc) is 2.99. The molecule has 1 atom stereocenters. The zero-order valence-corrected chi connectivity index (χ0v) is 14.0. The predicted molar refractivity (Wildman–Crippen MR) is 80.3 cm³/mol. The van der Waals surface area contributed by atoms with Gasteiger partial charge in [0.2, 0.25) is 0 Å². The third-order valence-corrected chi connectivity index (χ3v) is 4.65. The molecule has 0 spiro atoms. The van der Waals surface area contributed by atoms with Gasteiger partial charge in [-0.2, -0.15) is 18.3 Å². The fraction of sp³-hybridized carbons (Fsp3) is 0.500. The van der Waals surface area contributed by atoms with E-state index >= 15 is 0 Å². The third-order valence-electron chi connectivity index (χ3n) is 3.46. The largest absolute Gasteiger partial charge is 0.435 e. The Labute approximate surface area is 135 Å². The first-order valence-electron chi connectivity index (χ1n) is 6.99. The number of rotatable bonds is 4. The van der Waals surface area contributed by atoms with Crippen LogP contribution in [0, 0.1) is 13.8 Å². The second-order valence-electron chi connectivity index (χ2n) is 5.16. The van der Waals surface area contributed by atoms with E-state index < -0.39 is 17.8 Å². The van der Waals surface area contributed by atoms with E-state index in [-0.39, 0.29) is 11.7 Å². The van der Waals surface area contributed by atoms with Gasteiger partial charge in [0.25, 0.3) is 5.91 Å². The van der Waals surface area contributed by atoms with Gasteiger partial charge in [-0.25, -0.2) is 4.98 Å². The van der Waals surface area contributed by atoms with Crippen molar-refractivity contribution < 1.29 is 18.0 Å². The Kier molecular flexibility index (Phi) is 4.79. The third kappa shape index (κ3) is 3.72. The lowest BCUT2D eigenvalue weighted by Gasteiger charge is -2.14. The summed E-state index contributed by atoms with van der Waals surface area (Å²) in [6, 6.07) is 0.407. The quantitative estimate of drug-likeness (QED) is 0.923. The van der Waals surface area contributed by atoms with Crippen molar-refractivity contribution in [1.29, 1.82) is 0 Å². The van der Waals surface area contributed by atoms with Crippen molar-refractivity contribution in [2.45, 2.75) is 39.4 Å². The molecule has 126 valence electrons. The lowest BCUT2D eigenvalue weighted by molar-refractivity contribution is -0.141. The molecule has 0 fully saturated rings. The lowest BCUT2D eigenvalue weighted by Crippen LogP contribution is -2.29. The summed E-state index contributed by atoms with van der Waals surface area (Å²) in [7, 11) is 1.31. The molecule has 0 radical (unpaired) electrons. The SMILES string of the molecule is CC[C@H](NC(=O)c1cc(C(F)(F)F)nn1C)c1nc(C)c(C)s1. The number of hydrogen-bond acceptors (Lipinski definition) is 4. The van der Waals surface area contributed by atoms with Crippen LogP contribution < -0.4 is 5.32 Å². The van der Waals surface area contributed by atoms with Gasteiger partial charge in [-0.3, -0.25) is 9.48 Å². The summed E-state index contributed by atoms with van der Waals surface area (Å²) in [4.78, 5) is 17.7. The smallest absolute Gasteiger partial charge is 0.341 e. The summed E-state index contributed by atoms with van der Waals surface area (Å²) in [6.45, 7) is 5.68. The summed E-state index contributed by atoms with van der Waals surface area (Å²) in [5.74, 6) is -0.604. The number of amides is 1. The molecule has 9 heteroatoms. The molecule has 23 heavy (non-hydrogen) atoms. The minimum atomic E-state index is -4.58. The highest BCUT2D eigenvalue weighted by Gasteiger charge is 2.35. The van der Waals surface area contributed by atoms with E-state index in [1.807, 2.05) is 20.8 Å². The van der Waals surface area contributed by atoms with Crippen LogP contribution in [0.1, 0.15) is 51.1 Å².